The van der Waals surface area contributed by atoms with E-state index in [1.807, 2.05) is 0 Å². The van der Waals surface area contributed by atoms with Gasteiger partial charge in [0.25, 0.3) is 5.91 Å². The second-order valence-electron chi connectivity index (χ2n) is 4.82. The third-order valence-electron chi connectivity index (χ3n) is 3.19. The van der Waals surface area contributed by atoms with Crippen LogP contribution in [0.4, 0.5) is 4.39 Å². The molecule has 0 spiro atoms. The molecule has 1 aromatic carbocycles. The minimum Gasteiger partial charge on any atom is -0.452 e. The zero-order valence-electron chi connectivity index (χ0n) is 11.4. The molecule has 0 fully saturated rings. The molecule has 3 rings (SSSR count). The van der Waals surface area contributed by atoms with Crippen LogP contribution in [-0.2, 0) is 6.54 Å². The normalized spacial score (nSPS) is 11.0. The van der Waals surface area contributed by atoms with Crippen molar-refractivity contribution in [2.24, 2.45) is 0 Å². The summed E-state index contributed by atoms with van der Waals surface area (Å²) in [5.41, 5.74) is 1.17. The van der Waals surface area contributed by atoms with Crippen LogP contribution in [0.5, 0.6) is 0 Å². The molecule has 22 heavy (non-hydrogen) atoms. The van der Waals surface area contributed by atoms with E-state index in [2.05, 4.69) is 25.9 Å². The maximum Gasteiger partial charge on any atom is 0.256 e. The van der Waals surface area contributed by atoms with E-state index < -0.39 is 5.82 Å². The first-order chi connectivity index (χ1) is 10.4. The highest BCUT2D eigenvalue weighted by Gasteiger charge is 2.18. The zero-order chi connectivity index (χ0) is 15.9. The van der Waals surface area contributed by atoms with Crippen molar-refractivity contribution in [3.05, 3.63) is 50.8 Å². The molecule has 0 aliphatic rings. The summed E-state index contributed by atoms with van der Waals surface area (Å²) in [5, 5.41) is 0. The van der Waals surface area contributed by atoms with Gasteiger partial charge in [0.1, 0.15) is 11.6 Å². The monoisotopic (exact) mass is 383 g/mol. The first-order valence-corrected chi connectivity index (χ1v) is 7.55. The van der Waals surface area contributed by atoms with Crippen molar-refractivity contribution in [1.29, 1.82) is 0 Å². The van der Waals surface area contributed by atoms with Crippen LogP contribution in [0.1, 0.15) is 16.1 Å². The Morgan fingerprint density at radius 2 is 2.18 bits per heavy atom. The predicted molar refractivity (Wildman–Crippen MR) is 85.6 cm³/mol. The molecule has 2 aromatic heterocycles. The summed E-state index contributed by atoms with van der Waals surface area (Å²) in [7, 11) is 1.62. The van der Waals surface area contributed by atoms with Crippen molar-refractivity contribution in [2.75, 3.05) is 7.05 Å². The van der Waals surface area contributed by atoms with Crippen molar-refractivity contribution in [3.63, 3.8) is 0 Å². The number of amides is 1. The van der Waals surface area contributed by atoms with Crippen LogP contribution < -0.4 is 0 Å². The number of carbonyl (C=O) groups excluding carboxylic acids is 1. The molecule has 5 nitrogen and oxygen atoms in total. The summed E-state index contributed by atoms with van der Waals surface area (Å²) in [4.78, 5) is 19.7. The Balaban J connectivity index is 1.95. The smallest absolute Gasteiger partial charge is 0.256 e. The number of H-pyrrole nitrogens is 2. The lowest BCUT2D eigenvalue weighted by molar-refractivity contribution is 0.0776. The van der Waals surface area contributed by atoms with Crippen molar-refractivity contribution < 1.29 is 13.6 Å². The molecule has 2 N–H and O–H groups in total. The Morgan fingerprint density at radius 3 is 2.86 bits per heavy atom. The summed E-state index contributed by atoms with van der Waals surface area (Å²) < 4.78 is 20.0. The maximum absolute atomic E-state index is 13.7. The molecule has 0 unspecified atom stereocenters. The third kappa shape index (κ3) is 2.84. The minimum atomic E-state index is -0.504. The molecule has 0 aliphatic heterocycles. The second-order valence-corrected chi connectivity index (χ2v) is 6.01. The Kier molecular flexibility index (Phi) is 3.88. The number of hydrogen-bond donors (Lipinski definition) is 2. The van der Waals surface area contributed by atoms with Crippen LogP contribution in [0, 0.1) is 10.6 Å². The number of rotatable bonds is 3. The average Bonchev–Trinajstić information content (AvgIpc) is 3.01. The SMILES string of the molecule is CN(Cc1ccc(Br)o1)C(=O)c1cc(F)cc2[nH]c(=S)[nH]c12. The lowest BCUT2D eigenvalue weighted by Crippen LogP contribution is -2.26. The lowest BCUT2D eigenvalue weighted by atomic mass is 10.1. The summed E-state index contributed by atoms with van der Waals surface area (Å²) in [6.07, 6.45) is 0. The predicted octanol–water partition coefficient (Wildman–Crippen LogP) is 3.99. The number of hydrogen-bond acceptors (Lipinski definition) is 3. The van der Waals surface area contributed by atoms with Gasteiger partial charge in [0.05, 0.1) is 23.1 Å². The summed E-state index contributed by atoms with van der Waals surface area (Å²) in [6, 6.07) is 6.00. The lowest BCUT2D eigenvalue weighted by Gasteiger charge is -2.16. The molecule has 1 amide bonds. The number of aromatic amines is 2. The van der Waals surface area contributed by atoms with Crippen LogP contribution in [0.3, 0.4) is 0 Å². The molecule has 0 atom stereocenters. The average molecular weight is 384 g/mol. The highest BCUT2D eigenvalue weighted by atomic mass is 79.9. The molecule has 0 saturated carbocycles. The van der Waals surface area contributed by atoms with Crippen molar-refractivity contribution in [2.45, 2.75) is 6.54 Å². The molecule has 114 valence electrons. The number of fused-ring (bicyclic) bond motifs is 1. The number of nitrogens with zero attached hydrogens (tertiary/aromatic N) is 1. The zero-order valence-corrected chi connectivity index (χ0v) is 13.8. The summed E-state index contributed by atoms with van der Waals surface area (Å²) >= 11 is 8.21. The Bertz CT molecular complexity index is 914. The van der Waals surface area contributed by atoms with E-state index in [9.17, 15) is 9.18 Å². The topological polar surface area (TPSA) is 65.0 Å². The van der Waals surface area contributed by atoms with Crippen LogP contribution in [0.25, 0.3) is 11.0 Å². The first-order valence-electron chi connectivity index (χ1n) is 6.35. The van der Waals surface area contributed by atoms with E-state index in [0.717, 1.165) is 0 Å². The Morgan fingerprint density at radius 1 is 1.41 bits per heavy atom. The van der Waals surface area contributed by atoms with Gasteiger partial charge in [-0.05, 0) is 52.4 Å². The molecule has 8 heteroatoms. The first kappa shape index (κ1) is 15.0. The van der Waals surface area contributed by atoms with E-state index in [0.29, 0.717) is 26.2 Å². The number of aromatic nitrogens is 2. The van der Waals surface area contributed by atoms with Gasteiger partial charge in [-0.15, -0.1) is 0 Å². The Hall–Kier alpha value is -1.93. The maximum atomic E-state index is 13.7. The van der Waals surface area contributed by atoms with Gasteiger partial charge in [-0.3, -0.25) is 4.79 Å². The number of furan rings is 1. The van der Waals surface area contributed by atoms with E-state index in [4.69, 9.17) is 16.6 Å². The summed E-state index contributed by atoms with van der Waals surface area (Å²) in [5.74, 6) is -0.213. The quantitative estimate of drug-likeness (QED) is 0.672. The van der Waals surface area contributed by atoms with Gasteiger partial charge >= 0.3 is 0 Å². The number of nitrogens with one attached hydrogen (secondary N) is 2. The second kappa shape index (κ2) is 5.69. The number of halogens is 2. The fraction of sp³-hybridized carbons (Fsp3) is 0.143. The van der Waals surface area contributed by atoms with Crippen LogP contribution in [-0.4, -0.2) is 27.8 Å². The molecule has 0 bridgehead atoms. The fourth-order valence-electron chi connectivity index (χ4n) is 2.22. The van der Waals surface area contributed by atoms with E-state index in [1.54, 1.807) is 19.2 Å². The van der Waals surface area contributed by atoms with Crippen LogP contribution in [0.2, 0.25) is 0 Å². The van der Waals surface area contributed by atoms with Crippen molar-refractivity contribution in [1.82, 2.24) is 14.9 Å². The molecule has 3 aromatic rings. The van der Waals surface area contributed by atoms with Gasteiger partial charge in [0.15, 0.2) is 9.44 Å². The third-order valence-corrected chi connectivity index (χ3v) is 3.82. The van der Waals surface area contributed by atoms with Crippen LogP contribution >= 0.6 is 28.1 Å². The van der Waals surface area contributed by atoms with E-state index in [1.165, 1.54) is 17.0 Å². The number of carbonyl (C=O) groups is 1. The van der Waals surface area contributed by atoms with Gasteiger partial charge < -0.3 is 19.3 Å². The summed E-state index contributed by atoms with van der Waals surface area (Å²) in [6.45, 7) is 0.271. The molecule has 2 heterocycles. The molecular formula is C14H11BrFN3O2S. The van der Waals surface area contributed by atoms with Gasteiger partial charge in [-0.1, -0.05) is 0 Å². The Labute approximate surface area is 138 Å². The van der Waals surface area contributed by atoms with Crippen molar-refractivity contribution >= 4 is 45.1 Å². The fourth-order valence-corrected chi connectivity index (χ4v) is 2.78. The number of imidazole rings is 1. The van der Waals surface area contributed by atoms with E-state index >= 15 is 0 Å². The highest BCUT2D eigenvalue weighted by Crippen LogP contribution is 2.21. The molecule has 0 aliphatic carbocycles. The molecule has 0 saturated heterocycles. The van der Waals surface area contributed by atoms with Crippen molar-refractivity contribution in [3.8, 4) is 0 Å². The van der Waals surface area contributed by atoms with Gasteiger partial charge in [-0.2, -0.15) is 0 Å². The minimum absolute atomic E-state index is 0.218. The largest absolute Gasteiger partial charge is 0.452 e. The molecular weight excluding hydrogens is 373 g/mol. The van der Waals surface area contributed by atoms with Gasteiger partial charge in [-0.25, -0.2) is 4.39 Å². The van der Waals surface area contributed by atoms with Gasteiger partial charge in [0.2, 0.25) is 0 Å². The van der Waals surface area contributed by atoms with E-state index in [-0.39, 0.29) is 18.0 Å². The standard InChI is InChI=1S/C14H11BrFN3O2S/c1-19(6-8-2-3-11(15)21-8)13(20)9-4-7(16)5-10-12(9)18-14(22)17-10/h2-5H,6H2,1H3,(H2,17,18,22). The van der Waals surface area contributed by atoms with Gasteiger partial charge in [0, 0.05) is 7.05 Å². The molecule has 0 radical (unpaired) electrons. The van der Waals surface area contributed by atoms with Crippen LogP contribution in [0.15, 0.2) is 33.4 Å². The number of benzene rings is 1. The highest BCUT2D eigenvalue weighted by molar-refractivity contribution is 9.10.